The number of nitro groups is 1. The molecule has 1 aromatic heterocycles. The maximum Gasteiger partial charge on any atom is 0.294 e. The molecular formula is C24H22N2O5S. The third-order valence-electron chi connectivity index (χ3n) is 4.70. The summed E-state index contributed by atoms with van der Waals surface area (Å²) in [6.45, 7) is 0.328. The van der Waals surface area contributed by atoms with Gasteiger partial charge < -0.3 is 9.67 Å². The summed E-state index contributed by atoms with van der Waals surface area (Å²) in [5, 5.41) is 22.3. The molecule has 7 nitrogen and oxygen atoms in total. The van der Waals surface area contributed by atoms with Crippen molar-refractivity contribution in [2.24, 2.45) is 0 Å². The standard InChI is InChI=1S/C22H16N2O4.C2H6OS/c25-21-20(16-10-12-17(13-11-16)24(27)28)18-8-4-5-9-19(18)23(22(21)26)14-15-6-2-1-3-7-15;1-4(2)3/h1-13,25H,14H2;1-2H3. The Morgan fingerprint density at radius 3 is 2.09 bits per heavy atom. The Morgan fingerprint density at radius 2 is 1.50 bits per heavy atom. The van der Waals surface area contributed by atoms with E-state index in [1.165, 1.54) is 16.7 Å². The fraction of sp³-hybridized carbons (Fsp3) is 0.125. The van der Waals surface area contributed by atoms with Crippen molar-refractivity contribution in [2.75, 3.05) is 12.5 Å². The van der Waals surface area contributed by atoms with E-state index in [0.717, 1.165) is 5.56 Å². The van der Waals surface area contributed by atoms with Crippen LogP contribution >= 0.6 is 0 Å². The molecule has 0 spiro atoms. The number of aromatic nitrogens is 1. The molecule has 0 aliphatic carbocycles. The van der Waals surface area contributed by atoms with Gasteiger partial charge in [-0.3, -0.25) is 19.1 Å². The number of aromatic hydroxyl groups is 1. The van der Waals surface area contributed by atoms with Gasteiger partial charge in [0.25, 0.3) is 11.2 Å². The number of para-hydroxylation sites is 1. The summed E-state index contributed by atoms with van der Waals surface area (Å²) in [6, 6.07) is 22.7. The van der Waals surface area contributed by atoms with Gasteiger partial charge in [0.05, 0.1) is 17.0 Å². The number of nitrogens with zero attached hydrogens (tertiary/aromatic N) is 2. The van der Waals surface area contributed by atoms with E-state index >= 15 is 0 Å². The van der Waals surface area contributed by atoms with Gasteiger partial charge in [-0.25, -0.2) is 0 Å². The van der Waals surface area contributed by atoms with Gasteiger partial charge in [-0.2, -0.15) is 0 Å². The zero-order chi connectivity index (χ0) is 23.3. The molecule has 0 saturated heterocycles. The lowest BCUT2D eigenvalue weighted by Gasteiger charge is -2.15. The predicted molar refractivity (Wildman–Crippen MR) is 127 cm³/mol. The largest absolute Gasteiger partial charge is 0.503 e. The Labute approximate surface area is 187 Å². The Balaban J connectivity index is 0.000000668. The number of hydrogen-bond donors (Lipinski definition) is 1. The first kappa shape index (κ1) is 22.9. The maximum absolute atomic E-state index is 13.0. The van der Waals surface area contributed by atoms with Crippen LogP contribution in [0, 0.1) is 10.1 Å². The third kappa shape index (κ3) is 5.09. The molecule has 0 unspecified atom stereocenters. The van der Waals surface area contributed by atoms with E-state index in [9.17, 15) is 24.2 Å². The van der Waals surface area contributed by atoms with E-state index in [1.807, 2.05) is 54.6 Å². The smallest absolute Gasteiger partial charge is 0.294 e. The molecule has 0 bridgehead atoms. The quantitative estimate of drug-likeness (QED) is 0.368. The molecule has 0 radical (unpaired) electrons. The zero-order valence-electron chi connectivity index (χ0n) is 17.6. The van der Waals surface area contributed by atoms with Crippen LogP contribution in [0.15, 0.2) is 83.7 Å². The van der Waals surface area contributed by atoms with E-state index in [4.69, 9.17) is 0 Å². The van der Waals surface area contributed by atoms with Crippen molar-refractivity contribution in [3.05, 3.63) is 105 Å². The monoisotopic (exact) mass is 450 g/mol. The van der Waals surface area contributed by atoms with Gasteiger partial charge >= 0.3 is 0 Å². The summed E-state index contributed by atoms with van der Waals surface area (Å²) in [5.41, 5.74) is 1.99. The molecule has 0 aliphatic rings. The number of rotatable bonds is 4. The van der Waals surface area contributed by atoms with E-state index in [-0.39, 0.29) is 11.4 Å². The van der Waals surface area contributed by atoms with Crippen molar-refractivity contribution in [3.8, 4) is 16.9 Å². The highest BCUT2D eigenvalue weighted by atomic mass is 32.2. The van der Waals surface area contributed by atoms with Crippen molar-refractivity contribution >= 4 is 27.4 Å². The number of benzene rings is 3. The lowest BCUT2D eigenvalue weighted by atomic mass is 9.99. The average Bonchev–Trinajstić information content (AvgIpc) is 2.77. The first-order valence-corrected chi connectivity index (χ1v) is 11.6. The molecule has 3 aromatic carbocycles. The van der Waals surface area contributed by atoms with Gasteiger partial charge in [-0.1, -0.05) is 48.5 Å². The van der Waals surface area contributed by atoms with Crippen LogP contribution in [0.4, 0.5) is 5.69 Å². The van der Waals surface area contributed by atoms with Crippen molar-refractivity contribution in [2.45, 2.75) is 6.54 Å². The SMILES string of the molecule is CS(C)=O.O=c1c(O)c(-c2ccc([N+](=O)[O-])cc2)c2ccccc2n1Cc1ccccc1. The number of nitro benzene ring substituents is 1. The molecule has 1 N–H and O–H groups in total. The third-order valence-corrected chi connectivity index (χ3v) is 4.70. The lowest BCUT2D eigenvalue weighted by molar-refractivity contribution is -0.384. The topological polar surface area (TPSA) is 102 Å². The lowest BCUT2D eigenvalue weighted by Crippen LogP contribution is -2.21. The first-order valence-electron chi connectivity index (χ1n) is 9.68. The molecule has 0 atom stereocenters. The number of fused-ring (bicyclic) bond motifs is 1. The summed E-state index contributed by atoms with van der Waals surface area (Å²) in [4.78, 5) is 23.4. The molecule has 1 heterocycles. The van der Waals surface area contributed by atoms with Gasteiger partial charge in [-0.05, 0) is 29.3 Å². The highest BCUT2D eigenvalue weighted by Gasteiger charge is 2.18. The van der Waals surface area contributed by atoms with Gasteiger partial charge in [0.2, 0.25) is 0 Å². The van der Waals surface area contributed by atoms with E-state index in [2.05, 4.69) is 0 Å². The van der Waals surface area contributed by atoms with Crippen LogP contribution in [0.2, 0.25) is 0 Å². The van der Waals surface area contributed by atoms with Gasteiger partial charge in [0, 0.05) is 46.4 Å². The summed E-state index contributed by atoms with van der Waals surface area (Å²) < 4.78 is 11.1. The molecule has 0 aliphatic heterocycles. The minimum absolute atomic E-state index is 0.0510. The Hall–Kier alpha value is -3.78. The molecule has 0 fully saturated rings. The highest BCUT2D eigenvalue weighted by Crippen LogP contribution is 2.34. The molecule has 4 aromatic rings. The highest BCUT2D eigenvalue weighted by molar-refractivity contribution is 7.83. The van der Waals surface area contributed by atoms with Crippen LogP contribution in [0.5, 0.6) is 5.75 Å². The van der Waals surface area contributed by atoms with Gasteiger partial charge in [0.1, 0.15) is 0 Å². The van der Waals surface area contributed by atoms with Gasteiger partial charge in [-0.15, -0.1) is 0 Å². The van der Waals surface area contributed by atoms with Crippen LogP contribution in [0.25, 0.3) is 22.0 Å². The molecule has 32 heavy (non-hydrogen) atoms. The first-order chi connectivity index (χ1) is 15.3. The van der Waals surface area contributed by atoms with Crippen LogP contribution in [0.3, 0.4) is 0 Å². The fourth-order valence-corrected chi connectivity index (χ4v) is 3.36. The molecule has 4 rings (SSSR count). The predicted octanol–water partition coefficient (Wildman–Crippen LogP) is 4.33. The summed E-state index contributed by atoms with van der Waals surface area (Å²) in [7, 11) is -0.611. The molecular weight excluding hydrogens is 428 g/mol. The number of non-ortho nitro benzene ring substituents is 1. The van der Waals surface area contributed by atoms with Crippen molar-refractivity contribution in [1.29, 1.82) is 0 Å². The minimum atomic E-state index is -0.611. The molecule has 164 valence electrons. The van der Waals surface area contributed by atoms with E-state index in [1.54, 1.807) is 24.6 Å². The molecule has 8 heteroatoms. The number of pyridine rings is 1. The molecule has 0 amide bonds. The Bertz CT molecular complexity index is 1330. The van der Waals surface area contributed by atoms with Crippen molar-refractivity contribution in [3.63, 3.8) is 0 Å². The fourth-order valence-electron chi connectivity index (χ4n) is 3.36. The average molecular weight is 451 g/mol. The van der Waals surface area contributed by atoms with Crippen LogP contribution in [0.1, 0.15) is 5.56 Å². The van der Waals surface area contributed by atoms with E-state index in [0.29, 0.717) is 28.6 Å². The second kappa shape index (κ2) is 10.0. The number of hydrogen-bond acceptors (Lipinski definition) is 5. The molecule has 0 saturated carbocycles. The van der Waals surface area contributed by atoms with Crippen LogP contribution < -0.4 is 5.56 Å². The zero-order valence-corrected chi connectivity index (χ0v) is 18.4. The van der Waals surface area contributed by atoms with Gasteiger partial charge in [0.15, 0.2) is 5.75 Å². The normalized spacial score (nSPS) is 10.6. The van der Waals surface area contributed by atoms with Crippen molar-refractivity contribution in [1.82, 2.24) is 4.57 Å². The maximum atomic E-state index is 13.0. The van der Waals surface area contributed by atoms with E-state index < -0.39 is 21.3 Å². The minimum Gasteiger partial charge on any atom is -0.503 e. The summed E-state index contributed by atoms with van der Waals surface area (Å²) >= 11 is 0. The second-order valence-electron chi connectivity index (χ2n) is 7.16. The van der Waals surface area contributed by atoms with Crippen LogP contribution in [-0.4, -0.2) is 31.3 Å². The van der Waals surface area contributed by atoms with Crippen LogP contribution in [-0.2, 0) is 17.3 Å². The second-order valence-corrected chi connectivity index (χ2v) is 8.65. The summed E-state index contributed by atoms with van der Waals surface area (Å²) in [6.07, 6.45) is 3.28. The Kier molecular flexibility index (Phi) is 7.17. The van der Waals surface area contributed by atoms with Crippen molar-refractivity contribution < 1.29 is 14.2 Å². The Morgan fingerprint density at radius 1 is 0.938 bits per heavy atom. The summed E-state index contributed by atoms with van der Waals surface area (Å²) in [5.74, 6) is -0.372.